The average Bonchev–Trinajstić information content (AvgIpc) is 2.91. The van der Waals surface area contributed by atoms with Crippen LogP contribution in [0.15, 0.2) is 48.8 Å². The van der Waals surface area contributed by atoms with Gasteiger partial charge in [-0.15, -0.1) is 0 Å². The van der Waals surface area contributed by atoms with Gasteiger partial charge in [0.25, 0.3) is 5.91 Å². The fraction of sp³-hybridized carbons (Fsp3) is 0.125. The Hall–Kier alpha value is -2.86. The lowest BCUT2D eigenvalue weighted by Gasteiger charge is -2.06. The predicted octanol–water partition coefficient (Wildman–Crippen LogP) is 2.35. The topological polar surface area (TPSA) is 86.9 Å². The summed E-state index contributed by atoms with van der Waals surface area (Å²) in [4.78, 5) is 16.4. The molecule has 0 fully saturated rings. The summed E-state index contributed by atoms with van der Waals surface area (Å²) >= 11 is 0. The van der Waals surface area contributed by atoms with Crippen LogP contribution in [-0.4, -0.2) is 25.5 Å². The van der Waals surface area contributed by atoms with Crippen molar-refractivity contribution < 1.29 is 15.0 Å². The monoisotopic (exact) mass is 297 g/mol. The Kier molecular flexibility index (Phi) is 3.52. The van der Waals surface area contributed by atoms with Crippen LogP contribution in [0.2, 0.25) is 0 Å². The molecule has 1 amide bonds. The fourth-order valence-electron chi connectivity index (χ4n) is 2.10. The molecule has 0 aliphatic heterocycles. The number of imidazole rings is 1. The number of anilines is 1. The van der Waals surface area contributed by atoms with Crippen molar-refractivity contribution in [1.82, 2.24) is 9.38 Å². The largest absolute Gasteiger partial charge is 0.508 e. The van der Waals surface area contributed by atoms with Gasteiger partial charge in [-0.1, -0.05) is 0 Å². The van der Waals surface area contributed by atoms with Crippen molar-refractivity contribution in [1.29, 1.82) is 0 Å². The SMILES string of the molecule is CC(O)c1cn2cc(NC(=O)c3ccc(O)cc3)ccc2n1. The maximum absolute atomic E-state index is 12.1. The predicted molar refractivity (Wildman–Crippen MR) is 81.9 cm³/mol. The van der Waals surface area contributed by atoms with E-state index < -0.39 is 6.10 Å². The molecule has 1 aromatic carbocycles. The molecule has 1 atom stereocenters. The van der Waals surface area contributed by atoms with Crippen LogP contribution in [0.3, 0.4) is 0 Å². The van der Waals surface area contributed by atoms with Crippen LogP contribution in [0.5, 0.6) is 5.75 Å². The van der Waals surface area contributed by atoms with Crippen molar-refractivity contribution in [3.8, 4) is 5.75 Å². The summed E-state index contributed by atoms with van der Waals surface area (Å²) in [5.74, 6) is -0.155. The number of aromatic hydroxyl groups is 1. The van der Waals surface area contributed by atoms with Crippen LogP contribution in [0.4, 0.5) is 5.69 Å². The Morgan fingerprint density at radius 1 is 1.18 bits per heavy atom. The molecule has 0 spiro atoms. The van der Waals surface area contributed by atoms with Crippen molar-refractivity contribution in [2.75, 3.05) is 5.32 Å². The van der Waals surface area contributed by atoms with Crippen LogP contribution in [-0.2, 0) is 0 Å². The molecule has 0 aliphatic carbocycles. The molecule has 3 aromatic rings. The maximum atomic E-state index is 12.1. The van der Waals surface area contributed by atoms with Crippen LogP contribution < -0.4 is 5.32 Å². The number of phenols is 1. The smallest absolute Gasteiger partial charge is 0.255 e. The van der Waals surface area contributed by atoms with Crippen LogP contribution in [0.1, 0.15) is 29.1 Å². The summed E-state index contributed by atoms with van der Waals surface area (Å²) in [5, 5.41) is 21.6. The van der Waals surface area contributed by atoms with E-state index in [1.165, 1.54) is 12.1 Å². The highest BCUT2D eigenvalue weighted by atomic mass is 16.3. The first-order valence-corrected chi connectivity index (χ1v) is 6.80. The molecular weight excluding hydrogens is 282 g/mol. The van der Waals surface area contributed by atoms with E-state index in [1.54, 1.807) is 48.0 Å². The number of phenolic OH excluding ortho intramolecular Hbond substituents is 1. The number of aromatic nitrogens is 2. The normalized spacial score (nSPS) is 12.3. The summed E-state index contributed by atoms with van der Waals surface area (Å²) in [6, 6.07) is 9.52. The van der Waals surface area contributed by atoms with Crippen molar-refractivity contribution in [2.45, 2.75) is 13.0 Å². The van der Waals surface area contributed by atoms with Crippen molar-refractivity contribution >= 4 is 17.2 Å². The molecule has 0 bridgehead atoms. The average molecular weight is 297 g/mol. The number of amides is 1. The van der Waals surface area contributed by atoms with E-state index in [9.17, 15) is 15.0 Å². The van der Waals surface area contributed by atoms with Gasteiger partial charge in [0.05, 0.1) is 17.5 Å². The lowest BCUT2D eigenvalue weighted by atomic mass is 10.2. The van der Waals surface area contributed by atoms with Crippen molar-refractivity contribution in [3.05, 3.63) is 60.0 Å². The van der Waals surface area contributed by atoms with Crippen molar-refractivity contribution in [2.24, 2.45) is 0 Å². The zero-order valence-electron chi connectivity index (χ0n) is 11.9. The molecule has 6 heteroatoms. The molecule has 3 N–H and O–H groups in total. The molecule has 6 nitrogen and oxygen atoms in total. The van der Waals surface area contributed by atoms with E-state index in [-0.39, 0.29) is 11.7 Å². The third-order valence-electron chi connectivity index (χ3n) is 3.29. The first-order valence-electron chi connectivity index (χ1n) is 6.80. The van der Waals surface area contributed by atoms with Gasteiger partial charge >= 0.3 is 0 Å². The number of carbonyl (C=O) groups excluding carboxylic acids is 1. The zero-order valence-corrected chi connectivity index (χ0v) is 11.9. The van der Waals surface area contributed by atoms with Crippen LogP contribution in [0, 0.1) is 0 Å². The highest BCUT2D eigenvalue weighted by Gasteiger charge is 2.09. The van der Waals surface area contributed by atoms with E-state index in [4.69, 9.17) is 0 Å². The number of fused-ring (bicyclic) bond motifs is 1. The second kappa shape index (κ2) is 5.50. The second-order valence-electron chi connectivity index (χ2n) is 5.03. The zero-order chi connectivity index (χ0) is 15.7. The summed E-state index contributed by atoms with van der Waals surface area (Å²) in [6.45, 7) is 1.65. The standard InChI is InChI=1S/C16H15N3O3/c1-10(20)14-9-19-8-12(4-7-15(19)18-14)17-16(22)11-2-5-13(21)6-3-11/h2-10,20-21H,1H3,(H,17,22). The number of rotatable bonds is 3. The molecule has 3 rings (SSSR count). The Morgan fingerprint density at radius 3 is 2.59 bits per heavy atom. The van der Waals surface area contributed by atoms with E-state index in [2.05, 4.69) is 10.3 Å². The first kappa shape index (κ1) is 14.1. The Morgan fingerprint density at radius 2 is 1.91 bits per heavy atom. The third-order valence-corrected chi connectivity index (χ3v) is 3.29. The quantitative estimate of drug-likeness (QED) is 0.692. The molecule has 22 heavy (non-hydrogen) atoms. The number of nitrogens with zero attached hydrogens (tertiary/aromatic N) is 2. The van der Waals surface area contributed by atoms with E-state index in [0.717, 1.165) is 0 Å². The number of nitrogens with one attached hydrogen (secondary N) is 1. The molecule has 2 heterocycles. The van der Waals surface area contributed by atoms with Crippen LogP contribution >= 0.6 is 0 Å². The number of hydrogen-bond acceptors (Lipinski definition) is 4. The minimum absolute atomic E-state index is 0.113. The van der Waals surface area contributed by atoms with Gasteiger partial charge in [-0.05, 0) is 43.3 Å². The molecule has 2 aromatic heterocycles. The van der Waals surface area contributed by atoms with Crippen molar-refractivity contribution in [3.63, 3.8) is 0 Å². The van der Waals surface area contributed by atoms with Gasteiger partial charge in [-0.2, -0.15) is 0 Å². The Balaban J connectivity index is 1.84. The molecule has 112 valence electrons. The highest BCUT2D eigenvalue weighted by Crippen LogP contribution is 2.17. The second-order valence-corrected chi connectivity index (χ2v) is 5.03. The summed E-state index contributed by atoms with van der Waals surface area (Å²) in [7, 11) is 0. The number of benzene rings is 1. The van der Waals surface area contributed by atoms with E-state index in [0.29, 0.717) is 22.6 Å². The fourth-order valence-corrected chi connectivity index (χ4v) is 2.10. The van der Waals surface area contributed by atoms with E-state index in [1.807, 2.05) is 0 Å². The van der Waals surface area contributed by atoms with Gasteiger partial charge in [-0.3, -0.25) is 4.79 Å². The van der Waals surface area contributed by atoms with Gasteiger partial charge in [0.15, 0.2) is 0 Å². The van der Waals surface area contributed by atoms with Gasteiger partial charge in [0.2, 0.25) is 0 Å². The van der Waals surface area contributed by atoms with Gasteiger partial charge < -0.3 is 19.9 Å². The van der Waals surface area contributed by atoms with Gasteiger partial charge in [0, 0.05) is 18.0 Å². The minimum Gasteiger partial charge on any atom is -0.508 e. The minimum atomic E-state index is -0.644. The number of pyridine rings is 1. The molecule has 0 radical (unpaired) electrons. The molecule has 0 saturated heterocycles. The van der Waals surface area contributed by atoms with Gasteiger partial charge in [0.1, 0.15) is 11.4 Å². The third kappa shape index (κ3) is 2.77. The molecule has 0 aliphatic rings. The lowest BCUT2D eigenvalue weighted by molar-refractivity contribution is 0.102. The Labute approximate surface area is 126 Å². The first-order chi connectivity index (χ1) is 10.5. The number of aliphatic hydroxyl groups excluding tert-OH is 1. The summed E-state index contributed by atoms with van der Waals surface area (Å²) in [5.41, 5.74) is 2.33. The van der Waals surface area contributed by atoms with Crippen LogP contribution in [0.25, 0.3) is 5.65 Å². The number of carbonyl (C=O) groups is 1. The number of aliphatic hydroxyl groups is 1. The molecule has 1 unspecified atom stereocenters. The van der Waals surface area contributed by atoms with Gasteiger partial charge in [-0.25, -0.2) is 4.98 Å². The highest BCUT2D eigenvalue weighted by molar-refractivity contribution is 6.04. The number of hydrogen-bond donors (Lipinski definition) is 3. The summed E-state index contributed by atoms with van der Waals surface area (Å²) in [6.07, 6.45) is 2.80. The molecule has 0 saturated carbocycles. The lowest BCUT2D eigenvalue weighted by Crippen LogP contribution is -2.11. The Bertz CT molecular complexity index is 822. The molecular formula is C16H15N3O3. The summed E-state index contributed by atoms with van der Waals surface area (Å²) < 4.78 is 1.74. The maximum Gasteiger partial charge on any atom is 0.255 e. The van der Waals surface area contributed by atoms with E-state index >= 15 is 0 Å².